The van der Waals surface area contributed by atoms with Crippen molar-refractivity contribution in [3.63, 3.8) is 0 Å². The molecule has 14 unspecified atom stereocenters. The minimum absolute atomic E-state index is 0.0881. The van der Waals surface area contributed by atoms with Gasteiger partial charge < -0.3 is 20.1 Å². The molecule has 5 fully saturated rings. The van der Waals surface area contributed by atoms with E-state index in [0.717, 1.165) is 106 Å². The lowest BCUT2D eigenvalue weighted by Gasteiger charge is -2.71. The molecule has 62 heavy (non-hydrogen) atoms. The van der Waals surface area contributed by atoms with Gasteiger partial charge in [0.25, 0.3) is 0 Å². The van der Waals surface area contributed by atoms with Crippen molar-refractivity contribution in [2.24, 2.45) is 58.0 Å². The summed E-state index contributed by atoms with van der Waals surface area (Å²) in [5, 5.41) is 0. The van der Waals surface area contributed by atoms with Crippen molar-refractivity contribution in [1.29, 1.82) is 0 Å². The fourth-order valence-electron chi connectivity index (χ4n) is 17.7. The number of piperidine rings is 3. The zero-order valence-corrected chi connectivity index (χ0v) is 36.5. The number of nitrogens with zero attached hydrogens (tertiary/aromatic N) is 2. The van der Waals surface area contributed by atoms with E-state index in [1.54, 1.807) is 5.70 Å². The number of rotatable bonds is 3. The molecular formula is C55H61N3O4. The highest BCUT2D eigenvalue weighted by molar-refractivity contribution is 6.00. The number of esters is 2. The average Bonchev–Trinajstić information content (AvgIpc) is 3.71. The van der Waals surface area contributed by atoms with Gasteiger partial charge in [-0.15, -0.1) is 0 Å². The van der Waals surface area contributed by atoms with Crippen molar-refractivity contribution >= 4 is 11.9 Å². The maximum Gasteiger partial charge on any atom is 0.339 e. The first-order valence-electron chi connectivity index (χ1n) is 24.7. The zero-order valence-electron chi connectivity index (χ0n) is 36.5. The first kappa shape index (κ1) is 37.2. The number of carbonyl (C=O) groups excluding carboxylic acids is 2. The van der Waals surface area contributed by atoms with Crippen molar-refractivity contribution in [2.45, 2.75) is 121 Å². The molecule has 5 aliphatic carbocycles. The molecule has 1 saturated carbocycles. The third-order valence-electron chi connectivity index (χ3n) is 19.7. The molecule has 2 aromatic rings. The molecule has 7 nitrogen and oxygen atoms in total. The Morgan fingerprint density at radius 1 is 0.968 bits per heavy atom. The predicted octanol–water partition coefficient (Wildman–Crippen LogP) is 8.89. The van der Waals surface area contributed by atoms with Crippen LogP contribution in [0, 0.1) is 52.3 Å². The van der Waals surface area contributed by atoms with Gasteiger partial charge in [-0.25, -0.2) is 4.79 Å². The summed E-state index contributed by atoms with van der Waals surface area (Å²) in [5.74, 6) is 2.77. The summed E-state index contributed by atoms with van der Waals surface area (Å²) in [7, 11) is 0. The smallest absolute Gasteiger partial charge is 0.339 e. The van der Waals surface area contributed by atoms with Gasteiger partial charge in [-0.1, -0.05) is 85.2 Å². The largest absolute Gasteiger partial charge is 0.449 e. The molecule has 0 aromatic heterocycles. The Hall–Kier alpha value is -4.20. The maximum atomic E-state index is 16.1. The minimum atomic E-state index is -1.00. The molecule has 3 spiro atoms. The third kappa shape index (κ3) is 4.28. The van der Waals surface area contributed by atoms with Gasteiger partial charge in [0.2, 0.25) is 0 Å². The summed E-state index contributed by atoms with van der Waals surface area (Å²) in [6.45, 7) is 7.80. The van der Waals surface area contributed by atoms with Crippen molar-refractivity contribution in [1.82, 2.24) is 9.80 Å². The van der Waals surface area contributed by atoms with Crippen LogP contribution in [0.25, 0.3) is 0 Å². The summed E-state index contributed by atoms with van der Waals surface area (Å²) < 4.78 is 14.4. The molecule has 15 rings (SSSR count). The number of hydrogen-bond donors (Lipinski definition) is 1. The Morgan fingerprint density at radius 2 is 1.85 bits per heavy atom. The number of nitrogens with two attached hydrogens (primary N) is 1. The zero-order chi connectivity index (χ0) is 41.4. The summed E-state index contributed by atoms with van der Waals surface area (Å²) >= 11 is 0. The van der Waals surface area contributed by atoms with Gasteiger partial charge in [0.05, 0.1) is 17.0 Å². The van der Waals surface area contributed by atoms with Crippen molar-refractivity contribution in [3.05, 3.63) is 128 Å². The maximum absolute atomic E-state index is 16.1. The highest BCUT2D eigenvalue weighted by atomic mass is 16.6. The van der Waals surface area contributed by atoms with E-state index in [0.29, 0.717) is 48.3 Å². The molecule has 13 aliphatic rings. The Balaban J connectivity index is 1.09. The monoisotopic (exact) mass is 827 g/mol. The molecule has 8 heterocycles. The quantitative estimate of drug-likeness (QED) is 0.310. The Morgan fingerprint density at radius 3 is 2.76 bits per heavy atom. The van der Waals surface area contributed by atoms with E-state index in [2.05, 4.69) is 90.4 Å². The highest BCUT2D eigenvalue weighted by Gasteiger charge is 2.92. The second-order valence-electron chi connectivity index (χ2n) is 22.0. The van der Waals surface area contributed by atoms with Gasteiger partial charge in [-0.2, -0.15) is 0 Å². The number of aryl methyl sites for hydroxylation is 2. The topological polar surface area (TPSA) is 85.1 Å². The molecule has 320 valence electrons. The van der Waals surface area contributed by atoms with E-state index in [-0.39, 0.29) is 29.7 Å². The number of allylic oxidation sites excluding steroid dienone is 5. The normalized spacial score (nSPS) is 43.4. The van der Waals surface area contributed by atoms with Crippen LogP contribution >= 0.6 is 0 Å². The van der Waals surface area contributed by atoms with Crippen LogP contribution in [0.4, 0.5) is 0 Å². The van der Waals surface area contributed by atoms with E-state index < -0.39 is 16.4 Å². The van der Waals surface area contributed by atoms with Crippen LogP contribution in [-0.2, 0) is 39.1 Å². The number of carbonyl (C=O) groups is 2. The van der Waals surface area contributed by atoms with Crippen LogP contribution in [0.5, 0.6) is 0 Å². The average molecular weight is 828 g/mol. The second kappa shape index (κ2) is 12.7. The van der Waals surface area contributed by atoms with E-state index in [9.17, 15) is 4.79 Å². The molecule has 4 saturated heterocycles. The lowest BCUT2D eigenvalue weighted by atomic mass is 9.29. The molecule has 14 bridgehead atoms. The van der Waals surface area contributed by atoms with Crippen LogP contribution in [0.15, 0.2) is 101 Å². The van der Waals surface area contributed by atoms with Crippen LogP contribution in [0.3, 0.4) is 0 Å². The predicted molar refractivity (Wildman–Crippen MR) is 237 cm³/mol. The summed E-state index contributed by atoms with van der Waals surface area (Å²) in [4.78, 5) is 36.8. The summed E-state index contributed by atoms with van der Waals surface area (Å²) in [6, 6.07) is 17.1. The SMILES string of the molecule is CC1CC2=C3C4C5=C6C=C(Cc7cccc(c7)CCCCC7C68C(=O)OC(=CC6CCC9C%10CC(CN9C6C)C(C=C2)N3C%10)C8(CC5)C72OC(=O)c3c(CCCN)cccc32)C14. The van der Waals surface area contributed by atoms with Crippen LogP contribution in [-0.4, -0.2) is 59.5 Å². The Labute approximate surface area is 366 Å². The van der Waals surface area contributed by atoms with E-state index in [1.807, 2.05) is 0 Å². The molecular weight excluding hydrogens is 767 g/mol. The Kier molecular flexibility index (Phi) is 7.65. The van der Waals surface area contributed by atoms with E-state index in [4.69, 9.17) is 15.2 Å². The van der Waals surface area contributed by atoms with Gasteiger partial charge in [-0.3, -0.25) is 9.69 Å². The van der Waals surface area contributed by atoms with Gasteiger partial charge >= 0.3 is 11.9 Å². The third-order valence-corrected chi connectivity index (χ3v) is 19.7. The lowest BCUT2D eigenvalue weighted by Crippen LogP contribution is -2.77. The number of hydrogen-bond acceptors (Lipinski definition) is 7. The molecule has 14 atom stereocenters. The lowest BCUT2D eigenvalue weighted by molar-refractivity contribution is -0.275. The first-order chi connectivity index (χ1) is 30.3. The number of ether oxygens (including phenoxy) is 2. The van der Waals surface area contributed by atoms with E-state index in [1.165, 1.54) is 46.3 Å². The Bertz CT molecular complexity index is 2550. The first-order valence-corrected chi connectivity index (χ1v) is 24.7. The molecule has 8 aliphatic heterocycles. The molecule has 0 radical (unpaired) electrons. The van der Waals surface area contributed by atoms with Crippen molar-refractivity contribution < 1.29 is 19.1 Å². The van der Waals surface area contributed by atoms with Gasteiger partial charge in [0.15, 0.2) is 5.60 Å². The van der Waals surface area contributed by atoms with Crippen molar-refractivity contribution in [2.75, 3.05) is 19.6 Å². The molecule has 2 aromatic carbocycles. The van der Waals surface area contributed by atoms with Crippen molar-refractivity contribution in [3.8, 4) is 0 Å². The number of fused-ring (bicyclic) bond motifs is 7. The summed E-state index contributed by atoms with van der Waals surface area (Å²) in [5.41, 5.74) is 16.2. The molecule has 7 heteroatoms. The fraction of sp³-hybridized carbons (Fsp3) is 0.564. The van der Waals surface area contributed by atoms with Crippen LogP contribution in [0.2, 0.25) is 0 Å². The molecule has 0 amide bonds. The van der Waals surface area contributed by atoms with Crippen LogP contribution < -0.4 is 5.73 Å². The van der Waals surface area contributed by atoms with Gasteiger partial charge in [0, 0.05) is 48.3 Å². The van der Waals surface area contributed by atoms with Gasteiger partial charge in [0.1, 0.15) is 11.2 Å². The molecule has 2 N–H and O–H groups in total. The fourth-order valence-corrected chi connectivity index (χ4v) is 17.7. The highest BCUT2D eigenvalue weighted by Crippen LogP contribution is 2.87. The number of benzene rings is 2. The van der Waals surface area contributed by atoms with Crippen LogP contribution in [0.1, 0.15) is 111 Å². The summed E-state index contributed by atoms with van der Waals surface area (Å²) in [6.07, 6.45) is 22.6. The standard InChI is InChI=1S/C55H61N3O4/c1-30-22-36-16-18-44-38-25-39-29-58(44)50(36)49-40-19-20-53-46(27-35-15-17-43(39)57(28-38)31(35)2)61-52(60)54(53)42(40)26-37(47(30)49)24-33-10-5-9-32(23-33)8-3-4-14-45(54)55(53)41-13-6-11-34(12-7-21-56)48(41)51(59)62-55/h5-6,9-11,13,16,18,23,26-27,30-31,35,38-39,43-45,47,49H,3-4,7-8,12,14-15,17,19-22,24-25,28-29,56H2,1-2H3. The van der Waals surface area contributed by atoms with E-state index >= 15 is 4.79 Å². The van der Waals surface area contributed by atoms with Gasteiger partial charge in [-0.05, 0) is 154 Å². The minimum Gasteiger partial charge on any atom is -0.449 e. The second-order valence-corrected chi connectivity index (χ2v) is 22.0.